The molecule has 0 aliphatic heterocycles. The summed E-state index contributed by atoms with van der Waals surface area (Å²) in [6.45, 7) is 1.79. The van der Waals surface area contributed by atoms with Gasteiger partial charge in [0.25, 0.3) is 0 Å². The van der Waals surface area contributed by atoms with E-state index < -0.39 is 13.4 Å². The van der Waals surface area contributed by atoms with Crippen LogP contribution in [0.2, 0.25) is 0 Å². The van der Waals surface area contributed by atoms with Crippen molar-refractivity contribution in [1.82, 2.24) is 0 Å². The van der Waals surface area contributed by atoms with Gasteiger partial charge >= 0.3 is 7.60 Å². The summed E-state index contributed by atoms with van der Waals surface area (Å²) in [5.74, 6) is 0.333. The van der Waals surface area contributed by atoms with E-state index in [2.05, 4.69) is 0 Å². The van der Waals surface area contributed by atoms with Gasteiger partial charge in [-0.1, -0.05) is 54.6 Å². The average Bonchev–Trinajstić information content (AvgIpc) is 2.45. The number of aryl methyl sites for hydroxylation is 1. The molecule has 2 rings (SSSR count). The van der Waals surface area contributed by atoms with Gasteiger partial charge in [-0.2, -0.15) is 0 Å². The first-order valence-electron chi connectivity index (χ1n) is 6.32. The van der Waals surface area contributed by atoms with Crippen LogP contribution in [-0.2, 0) is 4.57 Å². The lowest BCUT2D eigenvalue weighted by atomic mass is 9.95. The Morgan fingerprint density at radius 1 is 1.00 bits per heavy atom. The Morgan fingerprint density at radius 2 is 1.57 bits per heavy atom. The van der Waals surface area contributed by atoms with Crippen molar-refractivity contribution in [3.05, 3.63) is 77.1 Å². The van der Waals surface area contributed by atoms with Crippen molar-refractivity contribution in [2.45, 2.75) is 6.92 Å². The SMILES string of the molecule is Cc1ccccc1C(=O)C(=CP(=O)(O)O)c1ccccc1. The summed E-state index contributed by atoms with van der Waals surface area (Å²) in [6.07, 6.45) is 0. The van der Waals surface area contributed by atoms with Crippen LogP contribution in [0.5, 0.6) is 0 Å². The monoisotopic (exact) mass is 302 g/mol. The maximum Gasteiger partial charge on any atom is 0.349 e. The number of allylic oxidation sites excluding steroid dienone is 1. The van der Waals surface area contributed by atoms with Crippen LogP contribution in [0.25, 0.3) is 5.57 Å². The summed E-state index contributed by atoms with van der Waals surface area (Å²) >= 11 is 0. The Kier molecular flexibility index (Phi) is 4.53. The fourth-order valence-electron chi connectivity index (χ4n) is 2.02. The van der Waals surface area contributed by atoms with Gasteiger partial charge in [0.15, 0.2) is 5.78 Å². The van der Waals surface area contributed by atoms with Crippen LogP contribution in [0.15, 0.2) is 60.4 Å². The molecule has 21 heavy (non-hydrogen) atoms. The second-order valence-electron chi connectivity index (χ2n) is 4.64. The van der Waals surface area contributed by atoms with Gasteiger partial charge in [0.05, 0.1) is 0 Å². The van der Waals surface area contributed by atoms with Crippen molar-refractivity contribution < 1.29 is 19.1 Å². The molecule has 0 fully saturated rings. The van der Waals surface area contributed by atoms with E-state index >= 15 is 0 Å². The van der Waals surface area contributed by atoms with Crippen LogP contribution in [0.4, 0.5) is 0 Å². The molecular weight excluding hydrogens is 287 g/mol. The lowest BCUT2D eigenvalue weighted by Gasteiger charge is -2.10. The highest BCUT2D eigenvalue weighted by atomic mass is 31.2. The van der Waals surface area contributed by atoms with Crippen molar-refractivity contribution in [3.8, 4) is 0 Å². The quantitative estimate of drug-likeness (QED) is 0.515. The number of hydrogen-bond donors (Lipinski definition) is 2. The van der Waals surface area contributed by atoms with E-state index in [0.29, 0.717) is 11.1 Å². The topological polar surface area (TPSA) is 74.6 Å². The molecule has 4 nitrogen and oxygen atoms in total. The summed E-state index contributed by atoms with van der Waals surface area (Å²) in [5, 5.41) is 0. The van der Waals surface area contributed by atoms with Crippen molar-refractivity contribution in [1.29, 1.82) is 0 Å². The van der Waals surface area contributed by atoms with E-state index in [-0.39, 0.29) is 5.57 Å². The van der Waals surface area contributed by atoms with Gasteiger partial charge in [-0.15, -0.1) is 0 Å². The predicted molar refractivity (Wildman–Crippen MR) is 82.0 cm³/mol. The first-order valence-corrected chi connectivity index (χ1v) is 8.00. The first kappa shape index (κ1) is 15.4. The fraction of sp³-hybridized carbons (Fsp3) is 0.0625. The maximum absolute atomic E-state index is 12.6. The van der Waals surface area contributed by atoms with Crippen molar-refractivity contribution in [3.63, 3.8) is 0 Å². The molecule has 0 radical (unpaired) electrons. The number of benzene rings is 2. The molecule has 0 aromatic heterocycles. The molecule has 2 aromatic carbocycles. The highest BCUT2D eigenvalue weighted by molar-refractivity contribution is 7.55. The van der Waals surface area contributed by atoms with E-state index in [1.54, 1.807) is 61.5 Å². The second kappa shape index (κ2) is 6.19. The molecule has 108 valence electrons. The molecule has 0 saturated heterocycles. The van der Waals surface area contributed by atoms with Gasteiger partial charge in [0.2, 0.25) is 0 Å². The normalized spacial score (nSPS) is 12.2. The van der Waals surface area contributed by atoms with Crippen LogP contribution in [0.1, 0.15) is 21.5 Å². The molecule has 0 spiro atoms. The zero-order valence-corrected chi connectivity index (χ0v) is 12.3. The maximum atomic E-state index is 12.6. The Balaban J connectivity index is 2.57. The van der Waals surface area contributed by atoms with Gasteiger partial charge in [0.1, 0.15) is 0 Å². The highest BCUT2D eigenvalue weighted by Crippen LogP contribution is 2.40. The van der Waals surface area contributed by atoms with E-state index in [9.17, 15) is 19.1 Å². The van der Waals surface area contributed by atoms with E-state index in [1.165, 1.54) is 0 Å². The van der Waals surface area contributed by atoms with Gasteiger partial charge in [-0.05, 0) is 18.1 Å². The molecule has 2 N–H and O–H groups in total. The summed E-state index contributed by atoms with van der Waals surface area (Å²) in [7, 11) is -4.46. The Hall–Kier alpha value is -2.00. The lowest BCUT2D eigenvalue weighted by Crippen LogP contribution is -2.05. The third-order valence-electron chi connectivity index (χ3n) is 3.02. The molecule has 0 amide bonds. The molecule has 0 aliphatic rings. The number of carbonyl (C=O) groups is 1. The molecular formula is C16H15O4P. The largest absolute Gasteiger partial charge is 0.349 e. The minimum Gasteiger partial charge on any atom is -0.321 e. The van der Waals surface area contributed by atoms with E-state index in [1.807, 2.05) is 0 Å². The van der Waals surface area contributed by atoms with Crippen LogP contribution >= 0.6 is 7.60 Å². The standard InChI is InChI=1S/C16H15O4P/c1-12-7-5-6-10-14(12)16(17)15(11-21(18,19)20)13-8-3-2-4-9-13/h2-11H,1H3,(H2,18,19,20). The van der Waals surface area contributed by atoms with Gasteiger partial charge in [-0.25, -0.2) is 0 Å². The smallest absolute Gasteiger partial charge is 0.321 e. The fourth-order valence-corrected chi connectivity index (χ4v) is 2.63. The molecule has 0 saturated carbocycles. The zero-order valence-electron chi connectivity index (χ0n) is 11.4. The second-order valence-corrected chi connectivity index (χ2v) is 6.08. The molecule has 0 unspecified atom stereocenters. The van der Waals surface area contributed by atoms with Crippen LogP contribution in [-0.4, -0.2) is 15.6 Å². The van der Waals surface area contributed by atoms with E-state index in [0.717, 1.165) is 11.4 Å². The van der Waals surface area contributed by atoms with Gasteiger partial charge in [0, 0.05) is 17.0 Å². The third kappa shape index (κ3) is 3.99. The summed E-state index contributed by atoms with van der Waals surface area (Å²) in [6, 6.07) is 15.5. The summed E-state index contributed by atoms with van der Waals surface area (Å²) in [4.78, 5) is 31.0. The number of ketones is 1. The molecule has 0 aliphatic carbocycles. The highest BCUT2D eigenvalue weighted by Gasteiger charge is 2.20. The van der Waals surface area contributed by atoms with Gasteiger partial charge < -0.3 is 9.79 Å². The first-order chi connectivity index (χ1) is 9.88. The van der Waals surface area contributed by atoms with Gasteiger partial charge in [-0.3, -0.25) is 9.36 Å². The molecule has 0 heterocycles. The Morgan fingerprint density at radius 3 is 2.14 bits per heavy atom. The van der Waals surface area contributed by atoms with Crippen LogP contribution in [0, 0.1) is 6.92 Å². The number of Topliss-reactive ketones (excluding diaryl/α,β-unsaturated/α-hetero) is 1. The summed E-state index contributed by atoms with van der Waals surface area (Å²) in [5.41, 5.74) is 1.68. The van der Waals surface area contributed by atoms with E-state index in [4.69, 9.17) is 0 Å². The number of carbonyl (C=O) groups excluding carboxylic acids is 1. The molecule has 0 bridgehead atoms. The molecule has 0 atom stereocenters. The van der Waals surface area contributed by atoms with Crippen LogP contribution < -0.4 is 0 Å². The third-order valence-corrected chi connectivity index (χ3v) is 3.61. The Labute approximate surface area is 122 Å². The Bertz CT molecular complexity index is 729. The predicted octanol–water partition coefficient (Wildman–Crippen LogP) is 3.40. The molecule has 5 heteroatoms. The average molecular weight is 302 g/mol. The minimum absolute atomic E-state index is 0.0123. The van der Waals surface area contributed by atoms with Crippen LogP contribution in [0.3, 0.4) is 0 Å². The number of hydrogen-bond acceptors (Lipinski definition) is 2. The summed E-state index contributed by atoms with van der Waals surface area (Å²) < 4.78 is 11.3. The number of rotatable bonds is 4. The lowest BCUT2D eigenvalue weighted by molar-refractivity contribution is 0.105. The van der Waals surface area contributed by atoms with Crippen molar-refractivity contribution in [2.75, 3.05) is 0 Å². The van der Waals surface area contributed by atoms with Crippen molar-refractivity contribution >= 4 is 19.0 Å². The minimum atomic E-state index is -4.46. The van der Waals surface area contributed by atoms with Crippen molar-refractivity contribution in [2.24, 2.45) is 0 Å². The molecule has 2 aromatic rings. The zero-order chi connectivity index (χ0) is 15.5.